The molecule has 1 N–H and O–H groups in total. The third-order valence-electron chi connectivity index (χ3n) is 3.13. The zero-order chi connectivity index (χ0) is 13.3. The fraction of sp³-hybridized carbons (Fsp3) is 0.545. The van der Waals surface area contributed by atoms with Crippen LogP contribution in [-0.4, -0.2) is 28.0 Å². The van der Waals surface area contributed by atoms with Crippen molar-refractivity contribution in [2.24, 2.45) is 5.92 Å². The Morgan fingerprint density at radius 3 is 2.72 bits per heavy atom. The highest BCUT2D eigenvalue weighted by atomic mass is 35.5. The number of rotatable bonds is 3. The summed E-state index contributed by atoms with van der Waals surface area (Å²) in [6.07, 6.45) is 1.77. The summed E-state index contributed by atoms with van der Waals surface area (Å²) in [5, 5.41) is 11.6. The number of amides is 1. The highest BCUT2D eigenvalue weighted by Crippen LogP contribution is 2.34. The molecular formula is C11H13ClN2O3S. The summed E-state index contributed by atoms with van der Waals surface area (Å²) in [5.74, 6) is -1.29. The Morgan fingerprint density at radius 2 is 2.28 bits per heavy atom. The predicted molar refractivity (Wildman–Crippen MR) is 69.0 cm³/mol. The molecule has 98 valence electrons. The fourth-order valence-electron chi connectivity index (χ4n) is 2.32. The van der Waals surface area contributed by atoms with Gasteiger partial charge in [-0.2, -0.15) is 0 Å². The number of carbonyl (C=O) groups excluding carboxylic acids is 1. The van der Waals surface area contributed by atoms with Crippen molar-refractivity contribution in [1.82, 2.24) is 4.98 Å². The molecule has 0 aromatic carbocycles. The van der Waals surface area contributed by atoms with Gasteiger partial charge in [-0.05, 0) is 19.3 Å². The molecule has 0 saturated heterocycles. The summed E-state index contributed by atoms with van der Waals surface area (Å²) in [5.41, 5.74) is 0. The van der Waals surface area contributed by atoms with Crippen LogP contribution in [0.1, 0.15) is 26.2 Å². The van der Waals surface area contributed by atoms with Crippen molar-refractivity contribution in [1.29, 1.82) is 0 Å². The Morgan fingerprint density at radius 1 is 1.56 bits per heavy atom. The molecule has 2 rings (SSSR count). The molecule has 1 amide bonds. The van der Waals surface area contributed by atoms with Crippen molar-refractivity contribution in [2.75, 3.05) is 4.90 Å². The van der Waals surface area contributed by atoms with Gasteiger partial charge in [-0.25, -0.2) is 4.98 Å². The van der Waals surface area contributed by atoms with Crippen molar-refractivity contribution >= 4 is 39.9 Å². The molecule has 1 aromatic rings. The van der Waals surface area contributed by atoms with E-state index >= 15 is 0 Å². The maximum atomic E-state index is 11.7. The molecule has 1 aliphatic rings. The Labute approximate surface area is 113 Å². The molecule has 1 saturated carbocycles. The summed E-state index contributed by atoms with van der Waals surface area (Å²) in [4.78, 5) is 28.3. The molecule has 0 bridgehead atoms. The lowest BCUT2D eigenvalue weighted by Crippen LogP contribution is -2.37. The van der Waals surface area contributed by atoms with E-state index in [1.165, 1.54) is 18.3 Å². The van der Waals surface area contributed by atoms with Crippen LogP contribution < -0.4 is 4.90 Å². The van der Waals surface area contributed by atoms with E-state index in [2.05, 4.69) is 4.98 Å². The van der Waals surface area contributed by atoms with Crippen LogP contribution in [0.5, 0.6) is 0 Å². The monoisotopic (exact) mass is 288 g/mol. The number of anilines is 1. The van der Waals surface area contributed by atoms with Crippen LogP contribution in [0.25, 0.3) is 0 Å². The van der Waals surface area contributed by atoms with Gasteiger partial charge < -0.3 is 5.11 Å². The Kier molecular flexibility index (Phi) is 3.87. The first kappa shape index (κ1) is 13.3. The van der Waals surface area contributed by atoms with Crippen molar-refractivity contribution in [2.45, 2.75) is 32.2 Å². The van der Waals surface area contributed by atoms with Crippen molar-refractivity contribution in [3.8, 4) is 0 Å². The Balaban J connectivity index is 2.17. The Hall–Kier alpha value is -1.14. The van der Waals surface area contributed by atoms with E-state index in [4.69, 9.17) is 16.7 Å². The summed E-state index contributed by atoms with van der Waals surface area (Å²) >= 11 is 7.06. The van der Waals surface area contributed by atoms with Crippen LogP contribution in [0.15, 0.2) is 5.38 Å². The summed E-state index contributed by atoms with van der Waals surface area (Å²) < 4.78 is 0. The average Bonchev–Trinajstić information content (AvgIpc) is 2.88. The van der Waals surface area contributed by atoms with E-state index in [0.29, 0.717) is 29.5 Å². The van der Waals surface area contributed by atoms with E-state index in [0.717, 1.165) is 0 Å². The molecular weight excluding hydrogens is 276 g/mol. The maximum Gasteiger partial charge on any atom is 0.306 e. The standard InChI is InChI=1S/C11H13ClN2O3S/c1-6(15)14(11-13-9(12)5-18-11)8-3-2-7(4-8)10(16)17/h5,7-8H,2-4H2,1H3,(H,16,17)/t7-,8+/m0/s1. The predicted octanol–water partition coefficient (Wildman–Crippen LogP) is 2.40. The third kappa shape index (κ3) is 2.64. The summed E-state index contributed by atoms with van der Waals surface area (Å²) in [6.45, 7) is 1.46. The van der Waals surface area contributed by atoms with Crippen LogP contribution in [0.3, 0.4) is 0 Å². The lowest BCUT2D eigenvalue weighted by Gasteiger charge is -2.25. The van der Waals surface area contributed by atoms with E-state index in [1.807, 2.05) is 0 Å². The number of carboxylic acid groups (broad SMARTS) is 1. The van der Waals surface area contributed by atoms with Crippen LogP contribution in [0.4, 0.5) is 5.13 Å². The molecule has 0 spiro atoms. The molecule has 0 aliphatic heterocycles. The highest BCUT2D eigenvalue weighted by molar-refractivity contribution is 7.14. The number of aliphatic carboxylic acids is 1. The van der Waals surface area contributed by atoms with Gasteiger partial charge in [-0.15, -0.1) is 11.3 Å². The molecule has 2 atom stereocenters. The number of aromatic nitrogens is 1. The van der Waals surface area contributed by atoms with Crippen molar-refractivity contribution < 1.29 is 14.7 Å². The zero-order valence-corrected chi connectivity index (χ0v) is 11.4. The average molecular weight is 289 g/mol. The number of hydrogen-bond donors (Lipinski definition) is 1. The maximum absolute atomic E-state index is 11.7. The zero-order valence-electron chi connectivity index (χ0n) is 9.80. The van der Waals surface area contributed by atoms with Gasteiger partial charge in [0.15, 0.2) is 5.13 Å². The molecule has 0 unspecified atom stereocenters. The van der Waals surface area contributed by atoms with Crippen molar-refractivity contribution in [3.63, 3.8) is 0 Å². The SMILES string of the molecule is CC(=O)N(c1nc(Cl)cs1)[C@@H]1CC[C@H](C(=O)O)C1. The van der Waals surface area contributed by atoms with Gasteiger partial charge in [-0.3, -0.25) is 14.5 Å². The molecule has 18 heavy (non-hydrogen) atoms. The van der Waals surface area contributed by atoms with E-state index in [-0.39, 0.29) is 17.9 Å². The fourth-order valence-corrected chi connectivity index (χ4v) is 3.38. The first-order chi connectivity index (χ1) is 8.49. The van der Waals surface area contributed by atoms with E-state index in [1.54, 1.807) is 10.3 Å². The van der Waals surface area contributed by atoms with Crippen LogP contribution in [0, 0.1) is 5.92 Å². The second kappa shape index (κ2) is 5.24. The lowest BCUT2D eigenvalue weighted by molar-refractivity contribution is -0.141. The minimum atomic E-state index is -0.793. The van der Waals surface area contributed by atoms with Crippen LogP contribution in [0.2, 0.25) is 5.15 Å². The Bertz CT molecular complexity index is 477. The quantitative estimate of drug-likeness (QED) is 0.927. The topological polar surface area (TPSA) is 70.5 Å². The summed E-state index contributed by atoms with van der Waals surface area (Å²) in [6, 6.07) is -0.0918. The number of carbonyl (C=O) groups is 2. The van der Waals surface area contributed by atoms with Crippen LogP contribution >= 0.6 is 22.9 Å². The molecule has 7 heteroatoms. The largest absolute Gasteiger partial charge is 0.481 e. The van der Waals surface area contributed by atoms with Gasteiger partial charge >= 0.3 is 5.97 Å². The minimum absolute atomic E-state index is 0.0918. The van der Waals surface area contributed by atoms with E-state index in [9.17, 15) is 9.59 Å². The highest BCUT2D eigenvalue weighted by Gasteiger charge is 2.35. The smallest absolute Gasteiger partial charge is 0.306 e. The first-order valence-electron chi connectivity index (χ1n) is 5.62. The van der Waals surface area contributed by atoms with Crippen LogP contribution in [-0.2, 0) is 9.59 Å². The van der Waals surface area contributed by atoms with Crippen molar-refractivity contribution in [3.05, 3.63) is 10.5 Å². The number of carboxylic acids is 1. The molecule has 1 heterocycles. The summed E-state index contributed by atoms with van der Waals surface area (Å²) in [7, 11) is 0. The number of hydrogen-bond acceptors (Lipinski definition) is 4. The second-order valence-electron chi connectivity index (χ2n) is 4.34. The first-order valence-corrected chi connectivity index (χ1v) is 6.88. The minimum Gasteiger partial charge on any atom is -0.481 e. The van der Waals surface area contributed by atoms with Gasteiger partial charge in [0.1, 0.15) is 5.15 Å². The number of nitrogens with zero attached hydrogens (tertiary/aromatic N) is 2. The molecule has 0 radical (unpaired) electrons. The lowest BCUT2D eigenvalue weighted by atomic mass is 10.1. The van der Waals surface area contributed by atoms with Gasteiger partial charge in [0.05, 0.1) is 5.92 Å². The molecule has 1 fully saturated rings. The van der Waals surface area contributed by atoms with Gasteiger partial charge in [0, 0.05) is 18.3 Å². The molecule has 1 aliphatic carbocycles. The van der Waals surface area contributed by atoms with Gasteiger partial charge in [0.2, 0.25) is 5.91 Å². The van der Waals surface area contributed by atoms with Gasteiger partial charge in [0.25, 0.3) is 0 Å². The normalized spacial score (nSPS) is 23.0. The molecule has 1 aromatic heterocycles. The second-order valence-corrected chi connectivity index (χ2v) is 5.57. The number of thiazole rings is 1. The molecule has 5 nitrogen and oxygen atoms in total. The third-order valence-corrected chi connectivity index (χ3v) is 4.29. The number of halogens is 1. The van der Waals surface area contributed by atoms with E-state index < -0.39 is 5.97 Å². The van der Waals surface area contributed by atoms with Gasteiger partial charge in [-0.1, -0.05) is 11.6 Å².